The number of nitrogens with zero attached hydrogens (tertiary/aromatic N) is 1. The van der Waals surface area contributed by atoms with E-state index in [2.05, 4.69) is 21.3 Å². The molecule has 0 radical (unpaired) electrons. The minimum Gasteiger partial charge on any atom is -0.508 e. The minimum atomic E-state index is -3.86. The molecule has 0 saturated heterocycles. The zero-order valence-corrected chi connectivity index (χ0v) is 52.8. The number of amides is 4. The number of nitrogens with two attached hydrogens (primary N) is 2. The average molecular weight is 1260 g/mol. The van der Waals surface area contributed by atoms with Gasteiger partial charge in [-0.15, -0.1) is 0 Å². The highest BCUT2D eigenvalue weighted by atomic mass is 32.2. The van der Waals surface area contributed by atoms with Crippen molar-refractivity contribution in [1.29, 1.82) is 5.41 Å². The summed E-state index contributed by atoms with van der Waals surface area (Å²) in [4.78, 5) is 103. The van der Waals surface area contributed by atoms with Gasteiger partial charge in [-0.25, -0.2) is 4.79 Å². The van der Waals surface area contributed by atoms with E-state index in [9.17, 15) is 57.0 Å². The molecule has 498 valence electrons. The predicted octanol–water partition coefficient (Wildman–Crippen LogP) is 4.86. The summed E-state index contributed by atoms with van der Waals surface area (Å²) >= 11 is 0. The van der Waals surface area contributed by atoms with E-state index in [-0.39, 0.29) is 150 Å². The van der Waals surface area contributed by atoms with E-state index in [1.165, 1.54) is 12.1 Å². The summed E-state index contributed by atoms with van der Waals surface area (Å²) in [5.74, 6) is -4.10. The number of carbonyl (C=O) groups is 8. The third-order valence-electron chi connectivity index (χ3n) is 14.5. The number of phenolic OH excluding ortho intramolecular Hbond substituents is 1. The number of carboxylic acid groups (broad SMARTS) is 1. The second kappa shape index (κ2) is 50.4. The molecule has 0 aliphatic carbocycles. The Morgan fingerprint density at radius 3 is 1.76 bits per heavy atom. The molecule has 25 nitrogen and oxygen atoms in total. The molecule has 1 rings (SSSR count). The number of rotatable bonds is 60. The Hall–Kier alpha value is -5.48. The maximum atomic E-state index is 13.8. The summed E-state index contributed by atoms with van der Waals surface area (Å²) in [6, 6.07) is 4.02. The van der Waals surface area contributed by atoms with Crippen LogP contribution in [0.25, 0.3) is 0 Å². The largest absolute Gasteiger partial charge is 0.508 e. The van der Waals surface area contributed by atoms with E-state index < -0.39 is 46.0 Å². The standard InChI is InChI=1S/C61H106N8O17S/c1-3-65-51(55(73)44-69(2)53(24-16-17-25-56(62)63)54(72)43-48(60(64)77)42-47-27-29-49(70)30-28-47)23-18-19-33-66-59(76)46-86-40-37-83-35-21-22-50(71)45-85-39-38-84-36-34-67-57(74)32-31-52(61(78)79)68-58(75)26-15-13-11-9-7-5-4-6-8-10-12-14-20-41-87(80,81)82/h27-30,48,51-53,65,70H,3-26,31-46H2,1-2H3,(H3,62,63)(H2,64,77)(H,66,76)(H,67,74)(H,68,75)(H,78,79)(H,80,81,82)/t48-,51+,52+,53+/m1/s1. The number of aliphatic carboxylic acids is 1. The van der Waals surface area contributed by atoms with E-state index in [0.717, 1.165) is 76.2 Å². The van der Waals surface area contributed by atoms with Gasteiger partial charge in [-0.1, -0.05) is 96.1 Å². The van der Waals surface area contributed by atoms with Crippen LogP contribution in [0.5, 0.6) is 5.75 Å². The first-order valence-corrected chi connectivity index (χ1v) is 32.9. The zero-order chi connectivity index (χ0) is 64.5. The topological polar surface area (TPSA) is 396 Å². The van der Waals surface area contributed by atoms with Gasteiger partial charge in [0.2, 0.25) is 23.6 Å². The molecule has 0 aliphatic rings. The van der Waals surface area contributed by atoms with Gasteiger partial charge in [0, 0.05) is 57.7 Å². The van der Waals surface area contributed by atoms with E-state index in [0.29, 0.717) is 83.9 Å². The second-order valence-corrected chi connectivity index (χ2v) is 23.8. The van der Waals surface area contributed by atoms with Crippen LogP contribution in [0.15, 0.2) is 24.3 Å². The maximum absolute atomic E-state index is 13.8. The highest BCUT2D eigenvalue weighted by Crippen LogP contribution is 2.21. The number of phenols is 1. The fourth-order valence-corrected chi connectivity index (χ4v) is 10.2. The van der Waals surface area contributed by atoms with Crippen LogP contribution in [0.1, 0.15) is 179 Å². The lowest BCUT2D eigenvalue weighted by Gasteiger charge is -2.29. The van der Waals surface area contributed by atoms with Gasteiger partial charge < -0.3 is 61.9 Å². The Balaban J connectivity index is 2.14. The van der Waals surface area contributed by atoms with Crippen LogP contribution in [0.4, 0.5) is 0 Å². The van der Waals surface area contributed by atoms with E-state index >= 15 is 0 Å². The molecule has 0 spiro atoms. The van der Waals surface area contributed by atoms with Gasteiger partial charge in [0.25, 0.3) is 10.1 Å². The van der Waals surface area contributed by atoms with E-state index in [1.54, 1.807) is 24.1 Å². The van der Waals surface area contributed by atoms with Crippen LogP contribution in [-0.4, -0.2) is 191 Å². The third kappa shape index (κ3) is 45.4. The lowest BCUT2D eigenvalue weighted by Crippen LogP contribution is -2.47. The van der Waals surface area contributed by atoms with Gasteiger partial charge in [-0.2, -0.15) is 8.42 Å². The van der Waals surface area contributed by atoms with Gasteiger partial charge >= 0.3 is 5.97 Å². The molecule has 87 heavy (non-hydrogen) atoms. The maximum Gasteiger partial charge on any atom is 0.326 e. The number of ether oxygens (including phenoxy) is 4. The molecule has 0 fully saturated rings. The number of primary amides is 1. The number of hydrogen-bond donors (Lipinski definition) is 10. The van der Waals surface area contributed by atoms with Crippen LogP contribution in [0.3, 0.4) is 0 Å². The van der Waals surface area contributed by atoms with Crippen molar-refractivity contribution in [2.45, 2.75) is 198 Å². The Kier molecular flexibility index (Phi) is 46.1. The Morgan fingerprint density at radius 2 is 1.16 bits per heavy atom. The monoisotopic (exact) mass is 1250 g/mol. The van der Waals surface area contributed by atoms with E-state index in [4.69, 9.17) is 40.4 Å². The van der Waals surface area contributed by atoms with Gasteiger partial charge in [-0.3, -0.25) is 48.4 Å². The molecule has 0 heterocycles. The SMILES string of the molecule is CCN[C@@H](CCCCNC(=O)COCCOCCCC(=O)COCCOCCNC(=O)CC[C@H](NC(=O)CCCCCCCCCCCCCCCS(=O)(=O)O)C(=O)O)C(=O)CN(C)[C@@H](CCCCC(=N)N)C(=O)C[C@@H](Cc1ccc(O)cc1)C(N)=O. The number of aromatic hydroxyl groups is 1. The number of unbranched alkanes of at least 4 members (excludes halogenated alkanes) is 14. The molecule has 0 aromatic heterocycles. The quantitative estimate of drug-likeness (QED) is 0.0180. The summed E-state index contributed by atoms with van der Waals surface area (Å²) in [5, 5.41) is 38.0. The number of benzene rings is 1. The van der Waals surface area contributed by atoms with Gasteiger partial charge in [0.1, 0.15) is 25.0 Å². The fourth-order valence-electron chi connectivity index (χ4n) is 9.59. The van der Waals surface area contributed by atoms with Crippen molar-refractivity contribution in [3.63, 3.8) is 0 Å². The van der Waals surface area contributed by atoms with Crippen LogP contribution in [-0.2, 0) is 73.8 Å². The summed E-state index contributed by atoms with van der Waals surface area (Å²) in [6.45, 7) is 4.03. The smallest absolute Gasteiger partial charge is 0.326 e. The summed E-state index contributed by atoms with van der Waals surface area (Å²) in [7, 11) is -2.15. The molecule has 12 N–H and O–H groups in total. The van der Waals surface area contributed by atoms with Crippen LogP contribution < -0.4 is 32.7 Å². The van der Waals surface area contributed by atoms with Gasteiger partial charge in [0.15, 0.2) is 17.3 Å². The number of likely N-dealkylation sites (N-methyl/N-ethyl adjacent to an activating group) is 2. The molecule has 4 atom stereocenters. The summed E-state index contributed by atoms with van der Waals surface area (Å²) in [6.07, 6.45) is 17.2. The Morgan fingerprint density at radius 1 is 0.598 bits per heavy atom. The minimum absolute atomic E-state index is 0.0160. The molecule has 4 amide bonds. The lowest BCUT2D eigenvalue weighted by atomic mass is 9.89. The van der Waals surface area contributed by atoms with Gasteiger partial charge in [0.05, 0.1) is 63.3 Å². The van der Waals surface area contributed by atoms with E-state index in [1.807, 2.05) is 6.92 Å². The van der Waals surface area contributed by atoms with Gasteiger partial charge in [-0.05, 0) is 95.5 Å². The highest BCUT2D eigenvalue weighted by Gasteiger charge is 2.30. The number of nitrogens with one attached hydrogen (secondary N) is 5. The zero-order valence-electron chi connectivity index (χ0n) is 52.0. The fraction of sp³-hybridized carbons (Fsp3) is 0.754. The van der Waals surface area contributed by atoms with Crippen molar-refractivity contribution in [3.8, 4) is 5.75 Å². The van der Waals surface area contributed by atoms with Crippen LogP contribution in [0.2, 0.25) is 0 Å². The summed E-state index contributed by atoms with van der Waals surface area (Å²) < 4.78 is 52.0. The molecule has 1 aromatic carbocycles. The van der Waals surface area contributed by atoms with Crippen molar-refractivity contribution < 1.29 is 80.5 Å². The molecule has 0 bridgehead atoms. The molecule has 1 aromatic rings. The van der Waals surface area contributed by atoms with Crippen LogP contribution in [0, 0.1) is 11.3 Å². The second-order valence-electron chi connectivity index (χ2n) is 22.2. The van der Waals surface area contributed by atoms with Crippen molar-refractivity contribution in [3.05, 3.63) is 29.8 Å². The van der Waals surface area contributed by atoms with Crippen LogP contribution >= 0.6 is 0 Å². The molecule has 0 unspecified atom stereocenters. The average Bonchev–Trinajstić information content (AvgIpc) is 3.29. The number of hydrogen-bond acceptors (Lipinski definition) is 18. The van der Waals surface area contributed by atoms with Crippen molar-refractivity contribution >= 4 is 62.9 Å². The molecule has 0 saturated carbocycles. The third-order valence-corrected chi connectivity index (χ3v) is 15.3. The normalized spacial score (nSPS) is 12.9. The predicted molar refractivity (Wildman–Crippen MR) is 331 cm³/mol. The van der Waals surface area contributed by atoms with Crippen molar-refractivity contribution in [1.82, 2.24) is 26.2 Å². The lowest BCUT2D eigenvalue weighted by molar-refractivity contribution is -0.142. The number of amidine groups is 1. The number of carboxylic acids is 1. The first kappa shape index (κ1) is 79.5. The van der Waals surface area contributed by atoms with Crippen molar-refractivity contribution in [2.24, 2.45) is 17.4 Å². The highest BCUT2D eigenvalue weighted by molar-refractivity contribution is 7.85. The Labute approximate surface area is 516 Å². The Bertz CT molecular complexity index is 2240. The van der Waals surface area contributed by atoms with Crippen molar-refractivity contribution in [2.75, 3.05) is 91.8 Å². The molecule has 26 heteroatoms. The number of carbonyl (C=O) groups excluding carboxylic acids is 7. The number of ketones is 3. The molecular formula is C61H106N8O17S. The first-order valence-electron chi connectivity index (χ1n) is 31.3. The first-order chi connectivity index (χ1) is 41.6. The summed E-state index contributed by atoms with van der Waals surface area (Å²) in [5.41, 5.74) is 12.0. The molecular weight excluding hydrogens is 1150 g/mol. The number of Topliss-reactive ketones (excluding diaryl/α,β-unsaturated/α-hetero) is 3. The molecule has 0 aliphatic heterocycles.